The number of carboxylic acid groups (broad SMARTS) is 1. The largest absolute Gasteiger partial charge is 0.480 e. The van der Waals surface area contributed by atoms with Crippen LogP contribution in [-0.2, 0) is 33.6 Å². The number of carbonyl (C=O) groups is 7. The molecule has 12 N–H and O–H groups in total. The number of amides is 6. The van der Waals surface area contributed by atoms with Crippen LogP contribution in [0.3, 0.4) is 0 Å². The minimum absolute atomic E-state index is 0.164. The van der Waals surface area contributed by atoms with Crippen LogP contribution in [0.2, 0.25) is 0 Å². The molecule has 0 saturated carbocycles. The Bertz CT molecular complexity index is 1150. The summed E-state index contributed by atoms with van der Waals surface area (Å²) in [4.78, 5) is 90.0. The number of nitrogens with two attached hydrogens (primary N) is 2. The molecule has 9 unspecified atom stereocenters. The first kappa shape index (κ1) is 47.2. The van der Waals surface area contributed by atoms with Crippen molar-refractivity contribution in [2.75, 3.05) is 23.8 Å². The van der Waals surface area contributed by atoms with E-state index in [-0.39, 0.29) is 23.7 Å². The average molecular weight is 769 g/mol. The number of unbranched alkanes of at least 4 members (excludes halogenated alkanes) is 1. The number of hydrogen-bond donors (Lipinski definition) is 13. The van der Waals surface area contributed by atoms with Gasteiger partial charge >= 0.3 is 5.97 Å². The lowest BCUT2D eigenvalue weighted by Crippen LogP contribution is -2.62. The van der Waals surface area contributed by atoms with Crippen LogP contribution in [0.1, 0.15) is 60.3 Å². The van der Waals surface area contributed by atoms with Gasteiger partial charge in [-0.3, -0.25) is 28.8 Å². The maximum atomic E-state index is 13.4. The van der Waals surface area contributed by atoms with Crippen molar-refractivity contribution >= 4 is 79.3 Å². The van der Waals surface area contributed by atoms with Gasteiger partial charge in [-0.05, 0) is 44.6 Å². The van der Waals surface area contributed by atoms with Crippen molar-refractivity contribution in [3.63, 3.8) is 0 Å². The number of hydrogen-bond acceptors (Lipinski definition) is 13. The number of thiol groups is 3. The predicted molar refractivity (Wildman–Crippen MR) is 198 cm³/mol. The second-order valence-electron chi connectivity index (χ2n) is 12.3. The van der Waals surface area contributed by atoms with E-state index in [4.69, 9.17) is 11.5 Å². The molecule has 0 radical (unpaired) electrons. The van der Waals surface area contributed by atoms with Gasteiger partial charge < -0.3 is 53.6 Å². The van der Waals surface area contributed by atoms with E-state index in [1.54, 1.807) is 27.7 Å². The molecule has 288 valence electrons. The maximum absolute atomic E-state index is 13.4. The lowest BCUT2D eigenvalue weighted by molar-refractivity contribution is -0.142. The molecule has 0 aliphatic carbocycles. The Balaban J connectivity index is 5.80. The summed E-state index contributed by atoms with van der Waals surface area (Å²) < 4.78 is 0. The molecule has 0 saturated heterocycles. The quantitative estimate of drug-likeness (QED) is 0.0355. The van der Waals surface area contributed by atoms with E-state index in [1.807, 2.05) is 0 Å². The molecule has 0 aliphatic rings. The first-order chi connectivity index (χ1) is 23.4. The molecule has 0 bridgehead atoms. The van der Waals surface area contributed by atoms with Crippen LogP contribution in [0, 0.1) is 11.8 Å². The SMILES string of the molecule is CCC(C)C(NC(=O)C(NC(=O)C(CS)NC(=O)C(CS)NC(=O)C(CCCCN)NC(=O)C(N)C(C)O)C(C)C)C(=O)NC(CS)C(=O)O. The molecular weight excluding hydrogens is 713 g/mol. The van der Waals surface area contributed by atoms with Crippen molar-refractivity contribution in [1.29, 1.82) is 0 Å². The highest BCUT2D eigenvalue weighted by molar-refractivity contribution is 7.80. The average Bonchev–Trinajstić information content (AvgIpc) is 3.07. The smallest absolute Gasteiger partial charge is 0.327 e. The lowest BCUT2D eigenvalue weighted by atomic mass is 9.96. The van der Waals surface area contributed by atoms with Gasteiger partial charge in [-0.15, -0.1) is 0 Å². The summed E-state index contributed by atoms with van der Waals surface area (Å²) in [6.45, 7) is 8.47. The van der Waals surface area contributed by atoms with E-state index in [0.29, 0.717) is 25.8 Å². The third-order valence-corrected chi connectivity index (χ3v) is 8.97. The molecule has 17 nitrogen and oxygen atoms in total. The van der Waals surface area contributed by atoms with Crippen molar-refractivity contribution in [1.82, 2.24) is 31.9 Å². The van der Waals surface area contributed by atoms with Crippen molar-refractivity contribution in [3.8, 4) is 0 Å². The summed E-state index contributed by atoms with van der Waals surface area (Å²) >= 11 is 12.3. The normalized spacial score (nSPS) is 16.6. The summed E-state index contributed by atoms with van der Waals surface area (Å²) in [5.41, 5.74) is 11.2. The number of carbonyl (C=O) groups excluding carboxylic acids is 6. The Labute approximate surface area is 309 Å². The predicted octanol–water partition coefficient (Wildman–Crippen LogP) is -2.69. The molecule has 0 rings (SSSR count). The fourth-order valence-electron chi connectivity index (χ4n) is 4.36. The number of aliphatic hydroxyl groups excluding tert-OH is 1. The van der Waals surface area contributed by atoms with Crippen LogP contribution in [0.5, 0.6) is 0 Å². The van der Waals surface area contributed by atoms with Crippen LogP contribution in [0.15, 0.2) is 0 Å². The Morgan fingerprint density at radius 3 is 1.46 bits per heavy atom. The van der Waals surface area contributed by atoms with Crippen LogP contribution >= 0.6 is 37.9 Å². The maximum Gasteiger partial charge on any atom is 0.327 e. The summed E-state index contributed by atoms with van der Waals surface area (Å²) in [6.07, 6.45) is 0.462. The van der Waals surface area contributed by atoms with E-state index in [2.05, 4.69) is 69.8 Å². The Morgan fingerprint density at radius 1 is 0.620 bits per heavy atom. The zero-order valence-corrected chi connectivity index (χ0v) is 31.9. The van der Waals surface area contributed by atoms with E-state index in [1.165, 1.54) is 6.92 Å². The number of aliphatic carboxylic acids is 1. The molecule has 0 fully saturated rings. The van der Waals surface area contributed by atoms with Gasteiger partial charge in [-0.2, -0.15) is 37.9 Å². The van der Waals surface area contributed by atoms with E-state index >= 15 is 0 Å². The van der Waals surface area contributed by atoms with Crippen molar-refractivity contribution < 1.29 is 43.8 Å². The number of rotatable bonds is 24. The van der Waals surface area contributed by atoms with Crippen molar-refractivity contribution in [3.05, 3.63) is 0 Å². The molecule has 0 aromatic heterocycles. The number of carboxylic acids is 1. The zero-order valence-electron chi connectivity index (χ0n) is 29.2. The summed E-state index contributed by atoms with van der Waals surface area (Å²) in [6, 6.07) is -8.52. The molecule has 0 heterocycles. The molecule has 0 aromatic carbocycles. The molecule has 0 aromatic rings. The Hall–Kier alpha value is -2.78. The second-order valence-corrected chi connectivity index (χ2v) is 13.4. The Kier molecular flexibility index (Phi) is 23.1. The minimum atomic E-state index is -1.30. The number of nitrogens with one attached hydrogen (secondary N) is 6. The van der Waals surface area contributed by atoms with Gasteiger partial charge in [0, 0.05) is 17.3 Å². The van der Waals surface area contributed by atoms with E-state index in [0.717, 1.165) is 0 Å². The highest BCUT2D eigenvalue weighted by atomic mass is 32.1. The van der Waals surface area contributed by atoms with Gasteiger partial charge in [0.05, 0.1) is 6.10 Å². The van der Waals surface area contributed by atoms with Gasteiger partial charge in [0.15, 0.2) is 0 Å². The van der Waals surface area contributed by atoms with Crippen molar-refractivity contribution in [2.24, 2.45) is 23.3 Å². The highest BCUT2D eigenvalue weighted by Crippen LogP contribution is 2.12. The van der Waals surface area contributed by atoms with Gasteiger partial charge in [-0.25, -0.2) is 4.79 Å². The van der Waals surface area contributed by atoms with Gasteiger partial charge in [-0.1, -0.05) is 34.1 Å². The molecular formula is C30H56N8O9S3. The summed E-state index contributed by atoms with van der Waals surface area (Å²) in [5, 5.41) is 34.0. The monoisotopic (exact) mass is 768 g/mol. The first-order valence-electron chi connectivity index (χ1n) is 16.4. The third kappa shape index (κ3) is 16.1. The van der Waals surface area contributed by atoms with Crippen LogP contribution in [0.4, 0.5) is 0 Å². The zero-order chi connectivity index (χ0) is 38.7. The lowest BCUT2D eigenvalue weighted by Gasteiger charge is -2.30. The number of aliphatic hydroxyl groups is 1. The van der Waals surface area contributed by atoms with E-state index in [9.17, 15) is 43.8 Å². The first-order valence-corrected chi connectivity index (χ1v) is 18.3. The standard InChI is InChI=1S/C30H56N8O9S3/c1-6-15(4)23(29(45)36-20(13-50)30(46)47)38-28(44)22(14(2)3)37-26(42)19(12-49)35-25(41)18(11-48)34-24(40)17(9-7-8-10-31)33-27(43)21(32)16(5)39/h14-23,39,48-50H,6-13,31-32H2,1-5H3,(H,33,43)(H,34,40)(H,35,41)(H,36,45)(H,37,42)(H,38,44)(H,46,47). The third-order valence-electron chi connectivity index (χ3n) is 7.87. The molecule has 20 heteroatoms. The molecule has 0 aliphatic heterocycles. The summed E-state index contributed by atoms with van der Waals surface area (Å²) in [7, 11) is 0. The van der Waals surface area contributed by atoms with Crippen LogP contribution in [-0.4, -0.2) is 124 Å². The van der Waals surface area contributed by atoms with Crippen molar-refractivity contribution in [2.45, 2.75) is 109 Å². The molecule has 50 heavy (non-hydrogen) atoms. The summed E-state index contributed by atoms with van der Waals surface area (Å²) in [5.74, 6) is -7.27. The Morgan fingerprint density at radius 2 is 1.04 bits per heavy atom. The van der Waals surface area contributed by atoms with Gasteiger partial charge in [0.2, 0.25) is 35.4 Å². The minimum Gasteiger partial charge on any atom is -0.480 e. The highest BCUT2D eigenvalue weighted by Gasteiger charge is 2.35. The van der Waals surface area contributed by atoms with Gasteiger partial charge in [0.1, 0.15) is 42.3 Å². The second kappa shape index (κ2) is 24.4. The van der Waals surface area contributed by atoms with Crippen LogP contribution in [0.25, 0.3) is 0 Å². The fraction of sp³-hybridized carbons (Fsp3) is 0.767. The van der Waals surface area contributed by atoms with E-state index < -0.39 is 102 Å². The molecule has 9 atom stereocenters. The topological polar surface area (TPSA) is 284 Å². The fourth-order valence-corrected chi connectivity index (χ4v) is 5.12. The van der Waals surface area contributed by atoms with Gasteiger partial charge in [0.25, 0.3) is 0 Å². The molecule has 6 amide bonds. The molecule has 0 spiro atoms. The van der Waals surface area contributed by atoms with Crippen LogP contribution < -0.4 is 43.4 Å².